The quantitative estimate of drug-likeness (QED) is 0.652. The highest BCUT2D eigenvalue weighted by atomic mass is 16.5. The molecule has 0 unspecified atom stereocenters. The molecule has 4 atom stereocenters. The number of methoxy groups -OCH3 is 1. The first kappa shape index (κ1) is 19.8. The van der Waals surface area contributed by atoms with Crippen LogP contribution in [-0.2, 0) is 4.74 Å². The Bertz CT molecular complexity index is 1080. The summed E-state index contributed by atoms with van der Waals surface area (Å²) in [6.07, 6.45) is 2.66. The lowest BCUT2D eigenvalue weighted by atomic mass is 9.78. The van der Waals surface area contributed by atoms with Crippen molar-refractivity contribution in [2.45, 2.75) is 25.0 Å². The van der Waals surface area contributed by atoms with E-state index in [-0.39, 0.29) is 12.1 Å². The number of anilines is 1. The summed E-state index contributed by atoms with van der Waals surface area (Å²) in [4.78, 5) is 18.5. The molecule has 1 N–H and O–H groups in total. The van der Waals surface area contributed by atoms with E-state index in [1.54, 1.807) is 24.3 Å². The molecule has 6 nitrogen and oxygen atoms in total. The second-order valence-electron chi connectivity index (χ2n) is 8.48. The van der Waals surface area contributed by atoms with Gasteiger partial charge in [0, 0.05) is 30.4 Å². The van der Waals surface area contributed by atoms with Crippen molar-refractivity contribution in [2.75, 3.05) is 25.1 Å². The first-order valence-corrected chi connectivity index (χ1v) is 10.7. The fourth-order valence-corrected chi connectivity index (χ4v) is 5.03. The van der Waals surface area contributed by atoms with Crippen LogP contribution >= 0.6 is 0 Å². The molecule has 1 aromatic heterocycles. The van der Waals surface area contributed by atoms with E-state index in [9.17, 15) is 9.90 Å². The molecule has 6 heteroatoms. The van der Waals surface area contributed by atoms with Gasteiger partial charge in [-0.15, -0.1) is 0 Å². The summed E-state index contributed by atoms with van der Waals surface area (Å²) in [7, 11) is 1.36. The van der Waals surface area contributed by atoms with Crippen LogP contribution in [0.1, 0.15) is 23.2 Å². The molecule has 0 bridgehead atoms. The molecule has 0 radical (unpaired) electrons. The van der Waals surface area contributed by atoms with Crippen LogP contribution in [0.4, 0.5) is 5.69 Å². The van der Waals surface area contributed by atoms with Crippen molar-refractivity contribution in [3.8, 4) is 5.75 Å². The van der Waals surface area contributed by atoms with Gasteiger partial charge in [0.25, 0.3) is 0 Å². The van der Waals surface area contributed by atoms with Crippen LogP contribution < -0.4 is 9.64 Å². The monoisotopic (exact) mass is 418 g/mol. The van der Waals surface area contributed by atoms with Gasteiger partial charge in [0.15, 0.2) is 0 Å². The highest BCUT2D eigenvalue weighted by molar-refractivity contribution is 5.91. The Morgan fingerprint density at radius 2 is 1.77 bits per heavy atom. The number of aliphatic hydroxyl groups is 1. The zero-order chi connectivity index (χ0) is 21.4. The molecule has 1 saturated carbocycles. The molecule has 1 aliphatic heterocycles. The largest absolute Gasteiger partial charge is 0.488 e. The molecule has 0 spiro atoms. The van der Waals surface area contributed by atoms with E-state index in [0.29, 0.717) is 23.1 Å². The molecule has 1 aliphatic carbocycles. The number of aromatic nitrogens is 1. The third-order valence-electron chi connectivity index (χ3n) is 6.61. The van der Waals surface area contributed by atoms with Gasteiger partial charge in [-0.2, -0.15) is 0 Å². The summed E-state index contributed by atoms with van der Waals surface area (Å²) < 4.78 is 10.9. The van der Waals surface area contributed by atoms with Crippen LogP contribution in [0.3, 0.4) is 0 Å². The Balaban J connectivity index is 1.29. The number of para-hydroxylation sites is 1. The molecule has 1 saturated heterocycles. The number of carbonyl (C=O) groups is 1. The second kappa shape index (κ2) is 8.19. The maximum Gasteiger partial charge on any atom is 0.337 e. The fourth-order valence-electron chi connectivity index (χ4n) is 5.03. The smallest absolute Gasteiger partial charge is 0.337 e. The number of pyridine rings is 1. The number of rotatable bonds is 4. The lowest BCUT2D eigenvalue weighted by Crippen LogP contribution is -2.42. The van der Waals surface area contributed by atoms with E-state index in [2.05, 4.69) is 28.1 Å². The van der Waals surface area contributed by atoms with Gasteiger partial charge < -0.3 is 19.5 Å². The third kappa shape index (κ3) is 3.83. The predicted molar refractivity (Wildman–Crippen MR) is 118 cm³/mol. The molecule has 2 aromatic carbocycles. The van der Waals surface area contributed by atoms with E-state index in [0.717, 1.165) is 31.4 Å². The van der Waals surface area contributed by atoms with Crippen LogP contribution in [0.5, 0.6) is 5.75 Å². The lowest BCUT2D eigenvalue weighted by molar-refractivity contribution is -0.0231. The number of ether oxygens (including phenoxy) is 2. The average molecular weight is 418 g/mol. The lowest BCUT2D eigenvalue weighted by Gasteiger charge is -2.35. The first-order chi connectivity index (χ1) is 15.1. The first-order valence-electron chi connectivity index (χ1n) is 10.7. The molecule has 2 fully saturated rings. The van der Waals surface area contributed by atoms with Gasteiger partial charge in [-0.3, -0.25) is 4.98 Å². The normalized spacial score (nSPS) is 25.3. The van der Waals surface area contributed by atoms with E-state index >= 15 is 0 Å². The molecule has 5 rings (SSSR count). The Hall–Kier alpha value is -3.12. The standard InChI is InChI=1S/C25H26N2O4/c1-30-25(29)16-6-8-19(9-7-16)31-24-13-18-15-27(14-17(18)12-23(24)28)22-10-11-26-21-5-3-2-4-20(21)22/h2-11,17-18,23-24,28H,12-15H2,1H3/t17-,18+,23+,24+/m0/s1. The van der Waals surface area contributed by atoms with Crippen molar-refractivity contribution >= 4 is 22.6 Å². The zero-order valence-electron chi connectivity index (χ0n) is 17.5. The Labute approximate surface area is 181 Å². The zero-order valence-corrected chi connectivity index (χ0v) is 17.5. The van der Waals surface area contributed by atoms with Crippen LogP contribution in [0.25, 0.3) is 10.9 Å². The van der Waals surface area contributed by atoms with Crippen LogP contribution in [0.2, 0.25) is 0 Å². The highest BCUT2D eigenvalue weighted by Gasteiger charge is 2.43. The highest BCUT2D eigenvalue weighted by Crippen LogP contribution is 2.41. The van der Waals surface area contributed by atoms with Gasteiger partial charge >= 0.3 is 5.97 Å². The van der Waals surface area contributed by atoms with E-state index < -0.39 is 6.10 Å². The van der Waals surface area contributed by atoms with E-state index in [1.165, 1.54) is 18.2 Å². The summed E-state index contributed by atoms with van der Waals surface area (Å²) >= 11 is 0. The molecule has 2 heterocycles. The van der Waals surface area contributed by atoms with Gasteiger partial charge in [0.1, 0.15) is 11.9 Å². The minimum Gasteiger partial charge on any atom is -0.488 e. The van der Waals surface area contributed by atoms with Crippen molar-refractivity contribution < 1.29 is 19.4 Å². The summed E-state index contributed by atoms with van der Waals surface area (Å²) in [6.45, 7) is 1.89. The summed E-state index contributed by atoms with van der Waals surface area (Å²) in [5.41, 5.74) is 2.70. The van der Waals surface area contributed by atoms with Crippen molar-refractivity contribution in [1.29, 1.82) is 0 Å². The molecule has 2 aliphatic rings. The maximum absolute atomic E-state index is 11.6. The SMILES string of the molecule is COC(=O)c1ccc(O[C@@H]2C[C@@H]3CN(c4ccnc5ccccc45)C[C@@H]3C[C@H]2O)cc1. The molecule has 160 valence electrons. The molecule has 31 heavy (non-hydrogen) atoms. The number of carbonyl (C=O) groups excluding carboxylic acids is 1. The van der Waals surface area contributed by atoms with E-state index in [1.807, 2.05) is 18.3 Å². The fraction of sp³-hybridized carbons (Fsp3) is 0.360. The minimum absolute atomic E-state index is 0.251. The van der Waals surface area contributed by atoms with Crippen molar-refractivity contribution in [3.05, 3.63) is 66.4 Å². The predicted octanol–water partition coefficient (Wildman–Crippen LogP) is 3.68. The Kier molecular flexibility index (Phi) is 5.24. The van der Waals surface area contributed by atoms with E-state index in [4.69, 9.17) is 9.47 Å². The number of nitrogens with zero attached hydrogens (tertiary/aromatic N) is 2. The summed E-state index contributed by atoms with van der Waals surface area (Å²) in [5.74, 6) is 1.20. The van der Waals surface area contributed by atoms with Crippen molar-refractivity contribution in [3.63, 3.8) is 0 Å². The third-order valence-corrected chi connectivity index (χ3v) is 6.61. The van der Waals surface area contributed by atoms with Crippen LogP contribution in [0, 0.1) is 11.8 Å². The van der Waals surface area contributed by atoms with Gasteiger partial charge in [0.2, 0.25) is 0 Å². The summed E-state index contributed by atoms with van der Waals surface area (Å²) in [5, 5.41) is 11.9. The molecular weight excluding hydrogens is 392 g/mol. The Morgan fingerprint density at radius 1 is 1.03 bits per heavy atom. The second-order valence-corrected chi connectivity index (χ2v) is 8.48. The molecule has 3 aromatic rings. The minimum atomic E-state index is -0.504. The molecular formula is C25H26N2O4. The van der Waals surface area contributed by atoms with Crippen molar-refractivity contribution in [2.24, 2.45) is 11.8 Å². The molecule has 0 amide bonds. The topological polar surface area (TPSA) is 71.9 Å². The van der Waals surface area contributed by atoms with Gasteiger partial charge in [-0.1, -0.05) is 18.2 Å². The van der Waals surface area contributed by atoms with Crippen molar-refractivity contribution in [1.82, 2.24) is 4.98 Å². The van der Waals surface area contributed by atoms with Crippen LogP contribution in [0.15, 0.2) is 60.8 Å². The number of esters is 1. The number of hydrogen-bond acceptors (Lipinski definition) is 6. The van der Waals surface area contributed by atoms with Gasteiger partial charge in [-0.05, 0) is 61.1 Å². The number of aliphatic hydroxyl groups excluding tert-OH is 1. The number of benzene rings is 2. The van der Waals surface area contributed by atoms with Crippen LogP contribution in [-0.4, -0.2) is 48.5 Å². The average Bonchev–Trinajstić information content (AvgIpc) is 3.21. The number of hydrogen-bond donors (Lipinski definition) is 1. The van der Waals surface area contributed by atoms with Gasteiger partial charge in [-0.25, -0.2) is 4.79 Å². The Morgan fingerprint density at radius 3 is 2.55 bits per heavy atom. The maximum atomic E-state index is 11.6. The number of fused-ring (bicyclic) bond motifs is 2. The van der Waals surface area contributed by atoms with Gasteiger partial charge in [0.05, 0.1) is 24.3 Å². The summed E-state index contributed by atoms with van der Waals surface area (Å²) in [6, 6.07) is 17.2.